The highest BCUT2D eigenvalue weighted by molar-refractivity contribution is 7.16. The number of cyclic esters (lactones) is 1. The van der Waals surface area contributed by atoms with Gasteiger partial charge in [0, 0.05) is 23.3 Å². The zero-order valence-electron chi connectivity index (χ0n) is 16.8. The molecule has 0 aromatic carbocycles. The lowest BCUT2D eigenvalue weighted by Gasteiger charge is -2.14. The van der Waals surface area contributed by atoms with Gasteiger partial charge in [-0.1, -0.05) is 22.9 Å². The van der Waals surface area contributed by atoms with Crippen LogP contribution in [0.5, 0.6) is 0 Å². The number of hydrogen-bond acceptors (Lipinski definition) is 8. The fraction of sp³-hybridized carbons (Fsp3) is 0.467. The van der Waals surface area contributed by atoms with Crippen LogP contribution in [0.3, 0.4) is 0 Å². The number of carbonyl (C=O) groups excluding carboxylic acids is 1. The molecule has 27 heavy (non-hydrogen) atoms. The summed E-state index contributed by atoms with van der Waals surface area (Å²) in [5.41, 5.74) is -3.00. The first kappa shape index (κ1) is 15.9. The third kappa shape index (κ3) is 3.79. The van der Waals surface area contributed by atoms with Crippen molar-refractivity contribution in [2.24, 2.45) is 0 Å². The van der Waals surface area contributed by atoms with Crippen LogP contribution >= 0.6 is 22.9 Å². The minimum absolute atomic E-state index is 0.0781. The summed E-state index contributed by atoms with van der Waals surface area (Å²) in [6.07, 6.45) is -4.14. The standard InChI is InChI=1S/C15H15ClF3N5O2S/c1-3-20-9-7(15(17,18)19)6-21-13(23-9)24-10-8(16)22-11(27-10)14(2)4-5-26-12(14)25/h6H,3-5H2,1-2H3,(H2,20,21,23,24)/t14-/m0/s1/i2D3. The molecule has 0 radical (unpaired) electrons. The SMILES string of the molecule is [2H]C([2H])([2H])[C@@]1(c2nc(Cl)c(Nc3ncc(C(F)(F)F)c(NCC)n3)s2)CCOC1=O. The quantitative estimate of drug-likeness (QED) is 0.701. The maximum Gasteiger partial charge on any atom is 0.421 e. The number of ether oxygens (including phenoxy) is 1. The number of halogens is 4. The first-order valence-corrected chi connectivity index (χ1v) is 8.88. The molecule has 1 fully saturated rings. The molecule has 0 saturated carbocycles. The van der Waals surface area contributed by atoms with Gasteiger partial charge in [-0.25, -0.2) is 9.97 Å². The maximum absolute atomic E-state index is 13.1. The minimum Gasteiger partial charge on any atom is -0.465 e. The summed E-state index contributed by atoms with van der Waals surface area (Å²) in [6, 6.07) is 0. The van der Waals surface area contributed by atoms with E-state index in [-0.39, 0.29) is 40.7 Å². The lowest BCUT2D eigenvalue weighted by Crippen LogP contribution is -2.27. The molecule has 12 heteroatoms. The Kier molecular flexibility index (Phi) is 4.18. The number of alkyl halides is 3. The molecule has 2 aromatic heterocycles. The van der Waals surface area contributed by atoms with Gasteiger partial charge in [0.25, 0.3) is 0 Å². The van der Waals surface area contributed by atoms with E-state index in [1.54, 1.807) is 6.92 Å². The molecule has 0 aliphatic carbocycles. The van der Waals surface area contributed by atoms with Gasteiger partial charge in [-0.05, 0) is 13.8 Å². The molecule has 1 atom stereocenters. The number of nitrogens with zero attached hydrogens (tertiary/aromatic N) is 3. The van der Waals surface area contributed by atoms with Crippen molar-refractivity contribution in [3.05, 3.63) is 21.9 Å². The van der Waals surface area contributed by atoms with Crippen LogP contribution in [-0.2, 0) is 21.1 Å². The predicted octanol–water partition coefficient (Wildman–Crippen LogP) is 3.99. The van der Waals surface area contributed by atoms with Crippen molar-refractivity contribution < 1.29 is 26.8 Å². The number of aromatic nitrogens is 3. The highest BCUT2D eigenvalue weighted by Crippen LogP contribution is 2.42. The summed E-state index contributed by atoms with van der Waals surface area (Å²) < 4.78 is 67.5. The van der Waals surface area contributed by atoms with Crippen molar-refractivity contribution in [1.82, 2.24) is 15.0 Å². The molecule has 1 saturated heterocycles. The van der Waals surface area contributed by atoms with Gasteiger partial charge in [-0.2, -0.15) is 18.2 Å². The highest BCUT2D eigenvalue weighted by atomic mass is 35.5. The fourth-order valence-electron chi connectivity index (χ4n) is 2.33. The van der Waals surface area contributed by atoms with Crippen molar-refractivity contribution in [2.45, 2.75) is 31.8 Å². The predicted molar refractivity (Wildman–Crippen MR) is 94.5 cm³/mol. The first-order chi connectivity index (χ1) is 13.9. The Labute approximate surface area is 165 Å². The molecule has 1 aliphatic heterocycles. The van der Waals surface area contributed by atoms with E-state index < -0.39 is 35.8 Å². The second-order valence-corrected chi connectivity index (χ2v) is 6.90. The Balaban J connectivity index is 1.97. The molecule has 3 heterocycles. The Morgan fingerprint density at radius 2 is 2.26 bits per heavy atom. The second kappa shape index (κ2) is 7.12. The Morgan fingerprint density at radius 1 is 1.48 bits per heavy atom. The zero-order chi connectivity index (χ0) is 22.3. The van der Waals surface area contributed by atoms with Gasteiger partial charge in [0.2, 0.25) is 5.95 Å². The van der Waals surface area contributed by atoms with Gasteiger partial charge in [0.15, 0.2) is 5.15 Å². The highest BCUT2D eigenvalue weighted by Gasteiger charge is 2.44. The molecule has 0 bridgehead atoms. The molecular formula is C15H15ClF3N5O2S. The van der Waals surface area contributed by atoms with E-state index >= 15 is 0 Å². The maximum atomic E-state index is 13.1. The number of anilines is 3. The Morgan fingerprint density at radius 3 is 2.85 bits per heavy atom. The van der Waals surface area contributed by atoms with Gasteiger partial charge in [0.05, 0.1) is 6.61 Å². The van der Waals surface area contributed by atoms with E-state index in [1.165, 1.54) is 0 Å². The summed E-state index contributed by atoms with van der Waals surface area (Å²) in [5.74, 6) is -1.57. The molecule has 0 unspecified atom stereocenters. The van der Waals surface area contributed by atoms with Gasteiger partial charge >= 0.3 is 12.1 Å². The third-order valence-corrected chi connectivity index (χ3v) is 5.19. The molecule has 7 nitrogen and oxygen atoms in total. The van der Waals surface area contributed by atoms with E-state index in [0.29, 0.717) is 6.20 Å². The van der Waals surface area contributed by atoms with Crippen LogP contribution in [0.4, 0.5) is 29.9 Å². The van der Waals surface area contributed by atoms with Crippen LogP contribution in [0.2, 0.25) is 5.15 Å². The molecule has 0 spiro atoms. The topological polar surface area (TPSA) is 89.0 Å². The average Bonchev–Trinajstić information content (AvgIpc) is 3.18. The zero-order valence-corrected chi connectivity index (χ0v) is 15.3. The van der Waals surface area contributed by atoms with Crippen LogP contribution < -0.4 is 10.6 Å². The number of carbonyl (C=O) groups is 1. The monoisotopic (exact) mass is 424 g/mol. The first-order valence-electron chi connectivity index (χ1n) is 9.19. The van der Waals surface area contributed by atoms with Crippen molar-refractivity contribution in [3.63, 3.8) is 0 Å². The summed E-state index contributed by atoms with van der Waals surface area (Å²) in [4.78, 5) is 23.7. The number of esters is 1. The fourth-order valence-corrected chi connectivity index (χ4v) is 3.59. The van der Waals surface area contributed by atoms with Crippen molar-refractivity contribution in [3.8, 4) is 0 Å². The Bertz CT molecular complexity index is 972. The van der Waals surface area contributed by atoms with Gasteiger partial charge < -0.3 is 15.4 Å². The second-order valence-electron chi connectivity index (χ2n) is 5.54. The van der Waals surface area contributed by atoms with E-state index in [1.807, 2.05) is 0 Å². The summed E-state index contributed by atoms with van der Waals surface area (Å²) >= 11 is 6.86. The number of hydrogen-bond donors (Lipinski definition) is 2. The van der Waals surface area contributed by atoms with Crippen molar-refractivity contribution in [2.75, 3.05) is 23.8 Å². The number of thiazole rings is 1. The van der Waals surface area contributed by atoms with Gasteiger partial charge in [0.1, 0.15) is 26.8 Å². The van der Waals surface area contributed by atoms with Crippen LogP contribution in [-0.4, -0.2) is 34.1 Å². The van der Waals surface area contributed by atoms with Gasteiger partial charge in [-0.3, -0.25) is 4.79 Å². The number of rotatable bonds is 5. The normalized spacial score (nSPS) is 22.0. The lowest BCUT2D eigenvalue weighted by atomic mass is 9.90. The smallest absolute Gasteiger partial charge is 0.421 e. The molecule has 2 N–H and O–H groups in total. The summed E-state index contributed by atoms with van der Waals surface area (Å²) in [6.45, 7) is -1.02. The summed E-state index contributed by atoms with van der Waals surface area (Å²) in [5, 5.41) is 4.97. The van der Waals surface area contributed by atoms with E-state index in [2.05, 4.69) is 25.6 Å². The molecular weight excluding hydrogens is 407 g/mol. The van der Waals surface area contributed by atoms with Crippen LogP contribution in [0, 0.1) is 0 Å². The molecule has 1 aliphatic rings. The molecule has 0 amide bonds. The van der Waals surface area contributed by atoms with Crippen molar-refractivity contribution >= 4 is 45.7 Å². The van der Waals surface area contributed by atoms with E-state index in [4.69, 9.17) is 20.5 Å². The van der Waals surface area contributed by atoms with Crippen LogP contribution in [0.1, 0.15) is 34.9 Å². The van der Waals surface area contributed by atoms with E-state index in [9.17, 15) is 18.0 Å². The van der Waals surface area contributed by atoms with Crippen LogP contribution in [0.25, 0.3) is 0 Å². The number of nitrogens with one attached hydrogen (secondary N) is 2. The molecule has 146 valence electrons. The third-order valence-electron chi connectivity index (χ3n) is 3.67. The molecule has 3 rings (SSSR count). The lowest BCUT2D eigenvalue weighted by molar-refractivity contribution is -0.142. The Hall–Kier alpha value is -2.14. The summed E-state index contributed by atoms with van der Waals surface area (Å²) in [7, 11) is 0. The average molecular weight is 425 g/mol. The molecule has 2 aromatic rings. The largest absolute Gasteiger partial charge is 0.465 e. The van der Waals surface area contributed by atoms with Crippen LogP contribution in [0.15, 0.2) is 6.20 Å². The minimum atomic E-state index is -4.65. The van der Waals surface area contributed by atoms with Gasteiger partial charge in [-0.15, -0.1) is 0 Å². The van der Waals surface area contributed by atoms with E-state index in [0.717, 1.165) is 11.3 Å². The van der Waals surface area contributed by atoms with Crippen molar-refractivity contribution in [1.29, 1.82) is 0 Å².